The zero-order chi connectivity index (χ0) is 16.8. The molecule has 2 rings (SSSR count). The quantitative estimate of drug-likeness (QED) is 0.226. The summed E-state index contributed by atoms with van der Waals surface area (Å²) in [5, 5.41) is 9.73. The first-order valence-electron chi connectivity index (χ1n) is 5.77. The van der Waals surface area contributed by atoms with Crippen LogP contribution in [0.25, 0.3) is 0 Å². The summed E-state index contributed by atoms with van der Waals surface area (Å²) in [6.45, 7) is 0. The number of ether oxygens (including phenoxy) is 1. The molecule has 0 aliphatic rings. The van der Waals surface area contributed by atoms with Gasteiger partial charge in [0.25, 0.3) is 0 Å². The van der Waals surface area contributed by atoms with E-state index in [0.717, 1.165) is 0 Å². The maximum Gasteiger partial charge on any atom is 1.00 e. The Balaban J connectivity index is 0.000000709. The fourth-order valence-corrected chi connectivity index (χ4v) is 1.51. The fourth-order valence-electron chi connectivity index (χ4n) is 1.51. The Bertz CT molecular complexity index is 737. The minimum Gasteiger partial charge on any atom is -0.759 e. The third kappa shape index (κ3) is 8.12. The number of carbonyl (C=O) groups excluding carboxylic acids is 1. The first kappa shape index (κ1) is 21.6. The van der Waals surface area contributed by atoms with Crippen LogP contribution >= 0.6 is 0 Å². The molecule has 2 aromatic rings. The van der Waals surface area contributed by atoms with Crippen molar-refractivity contribution in [3.05, 3.63) is 59.7 Å². The summed E-state index contributed by atoms with van der Waals surface area (Å²) >= 11 is 0. The van der Waals surface area contributed by atoms with Gasteiger partial charge in [-0.2, -0.15) is 6.07 Å². The summed E-state index contributed by atoms with van der Waals surface area (Å²) in [6.07, 6.45) is 0. The Morgan fingerprint density at radius 1 is 1.22 bits per heavy atom. The van der Waals surface area contributed by atoms with Gasteiger partial charge in [0, 0.05) is 27.5 Å². The molecule has 0 aliphatic carbocycles. The zero-order valence-corrected chi connectivity index (χ0v) is 15.2. The Morgan fingerprint density at radius 3 is 2.17 bits per heavy atom. The molecule has 0 spiro atoms. The summed E-state index contributed by atoms with van der Waals surface area (Å²) in [6, 6.07) is 14.4. The third-order valence-electron chi connectivity index (χ3n) is 2.40. The van der Waals surface area contributed by atoms with E-state index in [0.29, 0.717) is 11.3 Å². The van der Waals surface area contributed by atoms with Gasteiger partial charge >= 0.3 is 29.6 Å². The van der Waals surface area contributed by atoms with E-state index < -0.39 is 10.4 Å². The largest absolute Gasteiger partial charge is 1.00 e. The number of phenols is 1. The molecular weight excluding hydrogens is 335 g/mol. The second-order valence-corrected chi connectivity index (χ2v) is 4.72. The van der Waals surface area contributed by atoms with Gasteiger partial charge in [-0.1, -0.05) is 36.4 Å². The number of ketones is 1. The summed E-state index contributed by atoms with van der Waals surface area (Å²) in [5.41, 5.74) is 0.748. The standard InChI is InChI=1S/C14H11O3.Na.H2O4S/c1-17-11-7-8-12(13(15)9-11)14(16)10-5-3-2-4-6-10;;1-5(2,3)4/h2-6,8-9,15H,1H3;;(H2,1,2,3,4)/q-1;+1;/p-2. The molecular formula is C14H11NaO7S-2. The van der Waals surface area contributed by atoms with Crippen LogP contribution < -0.4 is 34.3 Å². The molecule has 0 bridgehead atoms. The van der Waals surface area contributed by atoms with Crippen LogP contribution in [0.3, 0.4) is 0 Å². The van der Waals surface area contributed by atoms with Crippen molar-refractivity contribution < 1.29 is 61.7 Å². The van der Waals surface area contributed by atoms with Crippen molar-refractivity contribution >= 4 is 16.2 Å². The van der Waals surface area contributed by atoms with Gasteiger partial charge in [0.15, 0.2) is 0 Å². The Hall–Kier alpha value is -1.42. The number of hydrogen-bond donors (Lipinski definition) is 1. The molecule has 0 amide bonds. The number of hydrogen-bond acceptors (Lipinski definition) is 7. The van der Waals surface area contributed by atoms with Crippen LogP contribution in [0.1, 0.15) is 15.9 Å². The first-order valence-corrected chi connectivity index (χ1v) is 7.11. The minimum absolute atomic E-state index is 0. The predicted molar refractivity (Wildman–Crippen MR) is 73.8 cm³/mol. The molecule has 23 heavy (non-hydrogen) atoms. The van der Waals surface area contributed by atoms with Crippen LogP contribution in [0.4, 0.5) is 0 Å². The summed E-state index contributed by atoms with van der Waals surface area (Å²) in [4.78, 5) is 12.0. The van der Waals surface area contributed by atoms with E-state index in [9.17, 15) is 9.90 Å². The average molecular weight is 346 g/mol. The predicted octanol–water partition coefficient (Wildman–Crippen LogP) is -1.90. The number of benzene rings is 2. The zero-order valence-electron chi connectivity index (χ0n) is 12.3. The molecule has 0 heterocycles. The summed E-state index contributed by atoms with van der Waals surface area (Å²) < 4.78 is 39.0. The van der Waals surface area contributed by atoms with Crippen molar-refractivity contribution in [2.24, 2.45) is 0 Å². The number of carbonyl (C=O) groups is 1. The molecule has 118 valence electrons. The second kappa shape index (κ2) is 9.66. The number of rotatable bonds is 3. The van der Waals surface area contributed by atoms with E-state index in [1.165, 1.54) is 19.2 Å². The molecule has 0 atom stereocenters. The van der Waals surface area contributed by atoms with E-state index in [2.05, 4.69) is 6.07 Å². The van der Waals surface area contributed by atoms with Crippen LogP contribution in [0, 0.1) is 6.07 Å². The second-order valence-electron chi connectivity index (χ2n) is 3.90. The number of phenolic OH excluding ortho intramolecular Hbond substituents is 1. The molecule has 2 aromatic carbocycles. The van der Waals surface area contributed by atoms with Crippen molar-refractivity contribution in [2.45, 2.75) is 0 Å². The van der Waals surface area contributed by atoms with E-state index in [-0.39, 0.29) is 46.7 Å². The molecule has 0 saturated heterocycles. The molecule has 0 radical (unpaired) electrons. The van der Waals surface area contributed by atoms with E-state index in [1.807, 2.05) is 6.07 Å². The number of aromatic hydroxyl groups is 1. The van der Waals surface area contributed by atoms with Crippen LogP contribution in [0.5, 0.6) is 11.5 Å². The normalized spacial score (nSPS) is 9.87. The molecule has 0 fully saturated rings. The minimum atomic E-state index is -5.17. The van der Waals surface area contributed by atoms with Crippen LogP contribution in [0.15, 0.2) is 42.5 Å². The van der Waals surface area contributed by atoms with Gasteiger partial charge in [-0.15, -0.1) is 6.07 Å². The monoisotopic (exact) mass is 346 g/mol. The fraction of sp³-hybridized carbons (Fsp3) is 0.0714. The Morgan fingerprint density at radius 2 is 1.74 bits per heavy atom. The van der Waals surface area contributed by atoms with Crippen molar-refractivity contribution in [1.29, 1.82) is 0 Å². The van der Waals surface area contributed by atoms with Gasteiger partial charge in [0.05, 0.1) is 7.11 Å². The van der Waals surface area contributed by atoms with Crippen molar-refractivity contribution in [3.8, 4) is 11.5 Å². The van der Waals surface area contributed by atoms with Crippen molar-refractivity contribution in [1.82, 2.24) is 0 Å². The van der Waals surface area contributed by atoms with Crippen LogP contribution in [-0.2, 0) is 10.4 Å². The molecule has 0 unspecified atom stereocenters. The van der Waals surface area contributed by atoms with E-state index in [1.54, 1.807) is 24.3 Å². The number of methoxy groups -OCH3 is 1. The first-order chi connectivity index (χ1) is 10.2. The SMILES string of the molecule is COc1[c-]cc(C(=O)c2ccccc2)c(O)c1.O=S(=O)([O-])[O-].[Na+]. The third-order valence-corrected chi connectivity index (χ3v) is 2.40. The molecule has 7 nitrogen and oxygen atoms in total. The van der Waals surface area contributed by atoms with Gasteiger partial charge in [0.1, 0.15) is 5.78 Å². The Labute approximate surface area is 155 Å². The van der Waals surface area contributed by atoms with Gasteiger partial charge in [-0.05, 0) is 5.56 Å². The van der Waals surface area contributed by atoms with Gasteiger partial charge in [0.2, 0.25) is 0 Å². The van der Waals surface area contributed by atoms with Crippen molar-refractivity contribution in [3.63, 3.8) is 0 Å². The Kier molecular flexibility index (Phi) is 9.06. The molecule has 0 aliphatic heterocycles. The average Bonchev–Trinajstić information content (AvgIpc) is 2.45. The van der Waals surface area contributed by atoms with Gasteiger partial charge in [-0.3, -0.25) is 8.42 Å². The van der Waals surface area contributed by atoms with Gasteiger partial charge < -0.3 is 23.7 Å². The smallest absolute Gasteiger partial charge is 0.759 e. The molecule has 0 saturated carbocycles. The van der Waals surface area contributed by atoms with Crippen LogP contribution in [0.2, 0.25) is 0 Å². The summed E-state index contributed by atoms with van der Waals surface area (Å²) in [7, 11) is -3.69. The molecule has 1 N–H and O–H groups in total. The maximum atomic E-state index is 12.0. The van der Waals surface area contributed by atoms with Crippen molar-refractivity contribution in [2.75, 3.05) is 7.11 Å². The maximum absolute atomic E-state index is 12.0. The molecule has 0 aromatic heterocycles. The van der Waals surface area contributed by atoms with Gasteiger partial charge in [-0.25, -0.2) is 0 Å². The topological polar surface area (TPSA) is 127 Å². The summed E-state index contributed by atoms with van der Waals surface area (Å²) in [5.74, 6) is 0.0589. The van der Waals surface area contributed by atoms with E-state index >= 15 is 0 Å². The van der Waals surface area contributed by atoms with E-state index in [4.69, 9.17) is 22.3 Å². The molecule has 9 heteroatoms. The van der Waals surface area contributed by atoms with Crippen LogP contribution in [-0.4, -0.2) is 35.5 Å².